The Morgan fingerprint density at radius 1 is 0.758 bits per heavy atom. The van der Waals surface area contributed by atoms with E-state index in [1.807, 2.05) is 18.3 Å². The van der Waals surface area contributed by atoms with Crippen LogP contribution >= 0.6 is 76.0 Å². The predicted molar refractivity (Wildman–Crippen MR) is 249 cm³/mol. The number of carbonyl (C=O) groups is 4. The van der Waals surface area contributed by atoms with Gasteiger partial charge in [-0.25, -0.2) is 14.5 Å². The van der Waals surface area contributed by atoms with Crippen molar-refractivity contribution in [1.82, 2.24) is 70.1 Å². The van der Waals surface area contributed by atoms with Crippen LogP contribution < -0.4 is 29.6 Å². The summed E-state index contributed by atoms with van der Waals surface area (Å²) in [6.45, 7) is 3.81. The number of hydrogen-bond donors (Lipinski definition) is 1. The average Bonchev–Trinajstić information content (AvgIpc) is 3.59. The summed E-state index contributed by atoms with van der Waals surface area (Å²) in [5.41, 5.74) is 18.8. The molecule has 0 N–H and O–H groups in total. The number of hydrogen-bond acceptors (Lipinski definition) is 18. The number of rotatable bonds is 6. The largest absolute Gasteiger partial charge is 1.00 e. The molecule has 23 nitrogen and oxygen atoms in total. The number of Topliss-reactive ketones (excluding diaryl/α,β-unsaturated/α-hetero) is 3. The number of aromatic nitrogens is 14. The summed E-state index contributed by atoms with van der Waals surface area (Å²) < 4.78 is 12.4. The molecule has 9 heterocycles. The van der Waals surface area contributed by atoms with Gasteiger partial charge < -0.3 is 15.8 Å². The summed E-state index contributed by atoms with van der Waals surface area (Å²) in [5, 5.41) is 33.4. The zero-order valence-corrected chi connectivity index (χ0v) is 41.3. The van der Waals surface area contributed by atoms with E-state index < -0.39 is 5.24 Å². The molecule has 9 rings (SSSR count). The summed E-state index contributed by atoms with van der Waals surface area (Å²) in [6, 6.07) is 17.0. The van der Waals surface area contributed by atoms with Crippen molar-refractivity contribution in [2.75, 3.05) is 11.9 Å². The van der Waals surface area contributed by atoms with Crippen molar-refractivity contribution in [3.05, 3.63) is 146 Å². The summed E-state index contributed by atoms with van der Waals surface area (Å²) in [7, 11) is 4.34. The van der Waals surface area contributed by atoms with Crippen LogP contribution in [0, 0.1) is 0 Å². The summed E-state index contributed by atoms with van der Waals surface area (Å²) in [4.78, 5) is 52.2. The molecule has 1 unspecified atom stereocenters. The Kier molecular flexibility index (Phi) is 29.9. The van der Waals surface area contributed by atoms with Crippen molar-refractivity contribution < 1.29 is 53.5 Å². The molecule has 1 fully saturated rings. The molecule has 0 saturated carbocycles. The fraction of sp³-hybridized carbons (Fsp3) is 0.171. The molecule has 1 aliphatic heterocycles. The third kappa shape index (κ3) is 20.9. The van der Waals surface area contributed by atoms with Gasteiger partial charge in [-0.3, -0.25) is 24.1 Å². The number of pyridine rings is 5. The molecule has 0 bridgehead atoms. The van der Waals surface area contributed by atoms with E-state index in [1.165, 1.54) is 52.3 Å². The van der Waals surface area contributed by atoms with Gasteiger partial charge in [0.25, 0.3) is 5.24 Å². The Morgan fingerprint density at radius 3 is 1.52 bits per heavy atom. The number of ketones is 3. The zero-order valence-electron chi connectivity index (χ0n) is 33.7. The molecule has 0 aromatic carbocycles. The molecule has 31 heteroatoms. The average molecular weight is 1070 g/mol. The monoisotopic (exact) mass is 1070 g/mol. The second-order valence-corrected chi connectivity index (χ2v) is 13.4. The maximum atomic E-state index is 11.3. The molecule has 1 saturated heterocycles. The van der Waals surface area contributed by atoms with Gasteiger partial charge in [-0.05, 0) is 111 Å². The van der Waals surface area contributed by atoms with Crippen LogP contribution in [0.3, 0.4) is 0 Å². The van der Waals surface area contributed by atoms with E-state index in [0.29, 0.717) is 49.2 Å². The van der Waals surface area contributed by atoms with Crippen molar-refractivity contribution in [3.63, 3.8) is 0 Å². The molecule has 8 aromatic rings. The van der Waals surface area contributed by atoms with Crippen LogP contribution in [-0.4, -0.2) is 112 Å². The zero-order chi connectivity index (χ0) is 46.3. The molecule has 1 radical (unpaired) electrons. The van der Waals surface area contributed by atoms with Crippen LogP contribution in [0.2, 0.25) is 10.3 Å². The van der Waals surface area contributed by atoms with Crippen LogP contribution in [0.25, 0.3) is 32.9 Å². The number of halogens is 5. The summed E-state index contributed by atoms with van der Waals surface area (Å²) in [5.74, 6) is 0.0222. The molecule has 1 atom stereocenters. The Labute approximate surface area is 432 Å². The van der Waals surface area contributed by atoms with Gasteiger partial charge in [0.1, 0.15) is 16.4 Å². The summed E-state index contributed by atoms with van der Waals surface area (Å²) in [6.07, 6.45) is 8.17. The standard InChI is InChI=1S/C7H5BrN4O.C7H6ClNO.2C7H6N4O.C6H3Cl2NO.CH4.BHNS.ClH.N3.Na/c8-3-6(13)5-1-2-7-9-10-11-12(7)4-5;1-5(10)6-2-3-7(8)9-4-6;1-2-7-8-9-10-11(7)3-5(1)6-4-12-6;1-5(12)6-2-3-7-8-9-10-11(7)4-6;7-5-2-1-4(3-9-5)6(8)10;;1-2-3;;1-3-2;/h1-2,4H,3H2;2-4H,1H3;1-3,6H,4H2;2-4H,1H3;1-3H;1H4;3H;1H;;/q;;;;;;;;-1;+1. The molecule has 8 aromatic heterocycles. The number of thiol groups is 1. The number of alkyl halides is 1. The van der Waals surface area contributed by atoms with Gasteiger partial charge in [-0.15, -0.1) is 27.7 Å². The van der Waals surface area contributed by atoms with E-state index in [9.17, 15) is 19.2 Å². The van der Waals surface area contributed by atoms with Crippen molar-refractivity contribution in [3.8, 4) is 0 Å². The van der Waals surface area contributed by atoms with Crippen molar-refractivity contribution in [2.24, 2.45) is 4.30 Å². The first kappa shape index (κ1) is 60.8. The number of tetrazole rings is 3. The van der Waals surface area contributed by atoms with Crippen LogP contribution in [0.5, 0.6) is 0 Å². The Morgan fingerprint density at radius 2 is 1.14 bits per heavy atom. The Hall–Kier alpha value is -5.25. The fourth-order valence-electron chi connectivity index (χ4n) is 4.20. The van der Waals surface area contributed by atoms with Crippen LogP contribution in [0.1, 0.15) is 74.4 Å². The molecule has 0 aliphatic carbocycles. The van der Waals surface area contributed by atoms with E-state index in [4.69, 9.17) is 50.6 Å². The van der Waals surface area contributed by atoms with Gasteiger partial charge in [0.15, 0.2) is 34.3 Å². The van der Waals surface area contributed by atoms with Gasteiger partial charge in [0.05, 0.1) is 17.5 Å². The third-order valence-electron chi connectivity index (χ3n) is 7.24. The quantitative estimate of drug-likeness (QED) is 0.0231. The van der Waals surface area contributed by atoms with Crippen LogP contribution in [-0.2, 0) is 4.74 Å². The maximum absolute atomic E-state index is 11.3. The summed E-state index contributed by atoms with van der Waals surface area (Å²) >= 11 is 22.4. The minimum Gasteiger partial charge on any atom is -0.373 e. The van der Waals surface area contributed by atoms with Crippen molar-refractivity contribution in [1.29, 1.82) is 0 Å². The fourth-order valence-corrected chi connectivity index (χ4v) is 4.86. The first-order chi connectivity index (χ1) is 30.2. The van der Waals surface area contributed by atoms with E-state index >= 15 is 0 Å². The van der Waals surface area contributed by atoms with Gasteiger partial charge in [0, 0.05) is 53.2 Å². The normalized spacial score (nSPS) is 11.0. The minimum absolute atomic E-state index is 0. The third-order valence-corrected chi connectivity index (χ3v) is 8.42. The first-order valence-corrected chi connectivity index (χ1v) is 19.6. The number of carbonyl (C=O) groups excluding carboxylic acids is 4. The van der Waals surface area contributed by atoms with E-state index in [-0.39, 0.29) is 72.8 Å². The van der Waals surface area contributed by atoms with Crippen LogP contribution in [0.4, 0.5) is 0 Å². The minimum atomic E-state index is -0.524. The number of epoxide rings is 1. The smallest absolute Gasteiger partial charge is 0.373 e. The molecule has 0 spiro atoms. The molecule has 66 heavy (non-hydrogen) atoms. The maximum Gasteiger partial charge on any atom is 1.00 e. The molecule has 0 amide bonds. The van der Waals surface area contributed by atoms with Gasteiger partial charge in [0.2, 0.25) is 0 Å². The number of nitrogens with zero attached hydrogens (tertiary/aromatic N) is 18. The van der Waals surface area contributed by atoms with Crippen molar-refractivity contribution >= 4 is 123 Å². The number of fused-ring (bicyclic) bond motifs is 3. The van der Waals surface area contributed by atoms with Crippen LogP contribution in [0.15, 0.2) is 95.9 Å². The van der Waals surface area contributed by atoms with Gasteiger partial charge >= 0.3 is 54.3 Å². The molecular formula is C35H32BBrCl4N18NaO5S. The topological polar surface area (TPSA) is 307 Å². The van der Waals surface area contributed by atoms with Crippen molar-refractivity contribution in [2.45, 2.75) is 27.4 Å². The Bertz CT molecular complexity index is 2760. The first-order valence-electron chi connectivity index (χ1n) is 17.0. The predicted octanol–water partition coefficient (Wildman–Crippen LogP) is 4.39. The second kappa shape index (κ2) is 32.4. The van der Waals surface area contributed by atoms with Gasteiger partial charge in [-0.1, -0.05) is 52.6 Å². The second-order valence-electron chi connectivity index (χ2n) is 11.5. The van der Waals surface area contributed by atoms with E-state index in [1.54, 1.807) is 53.3 Å². The SMILES string of the molecule is C.CC(=O)c1ccc(Cl)nc1.CC(=O)c1ccc2nnnn2c1.Cl.O=C(CBr)c1ccc2nnnn2c1.O=C(Cl)c1ccc(Cl)nc1.[B]=NS.[N-]=[N+]=[N-].[Na+].c1cc2nnnn2cc1C1CO1. The Balaban J connectivity index is 0.000000770. The molecular weight excluding hydrogens is 1040 g/mol. The van der Waals surface area contributed by atoms with E-state index in [2.05, 4.69) is 97.2 Å². The van der Waals surface area contributed by atoms with E-state index in [0.717, 1.165) is 17.8 Å². The number of ether oxygens (including phenoxy) is 1. The molecule has 1 aliphatic rings. The van der Waals surface area contributed by atoms with Gasteiger partial charge in [-0.2, -0.15) is 9.03 Å². The molecule has 337 valence electrons.